The minimum Gasteiger partial charge on any atom is -0.480 e. The first-order chi connectivity index (χ1) is 10.0. The molecule has 0 saturated carbocycles. The second-order valence-corrected chi connectivity index (χ2v) is 5.56. The third-order valence-corrected chi connectivity index (χ3v) is 3.90. The van der Waals surface area contributed by atoms with Crippen molar-refractivity contribution in [2.75, 3.05) is 12.4 Å². The quantitative estimate of drug-likeness (QED) is 0.679. The van der Waals surface area contributed by atoms with E-state index >= 15 is 0 Å². The van der Waals surface area contributed by atoms with Crippen molar-refractivity contribution in [1.82, 2.24) is 5.32 Å². The van der Waals surface area contributed by atoms with Crippen LogP contribution in [0.1, 0.15) is 19.4 Å². The molecule has 2 N–H and O–H groups in total. The Hall–Kier alpha value is -1.53. The van der Waals surface area contributed by atoms with Crippen molar-refractivity contribution in [3.8, 4) is 0 Å². The lowest BCUT2D eigenvalue weighted by Gasteiger charge is -2.19. The summed E-state index contributed by atoms with van der Waals surface area (Å²) < 4.78 is 4.98. The zero-order chi connectivity index (χ0) is 15.7. The molecule has 5 nitrogen and oxygen atoms in total. The first-order valence-electron chi connectivity index (χ1n) is 6.81. The van der Waals surface area contributed by atoms with Crippen molar-refractivity contribution in [2.24, 2.45) is 0 Å². The number of carboxylic acid groups (broad SMARTS) is 1. The molecule has 2 atom stereocenters. The smallest absolute Gasteiger partial charge is 0.324 e. The second kappa shape index (κ2) is 9.41. The third-order valence-electron chi connectivity index (χ3n) is 2.79. The van der Waals surface area contributed by atoms with Crippen LogP contribution in [0.15, 0.2) is 30.3 Å². The molecule has 0 aliphatic carbocycles. The summed E-state index contributed by atoms with van der Waals surface area (Å²) in [4.78, 5) is 22.7. The summed E-state index contributed by atoms with van der Waals surface area (Å²) in [5, 5.41) is 11.7. The molecule has 1 aromatic rings. The average molecular weight is 311 g/mol. The SMILES string of the molecule is CCOC(=O)[C@H](CSCc1ccccc1)N[C@@H](C)C(=O)O. The van der Waals surface area contributed by atoms with E-state index in [1.165, 1.54) is 6.92 Å². The van der Waals surface area contributed by atoms with Gasteiger partial charge in [0.05, 0.1) is 6.61 Å². The molecule has 0 fully saturated rings. The van der Waals surface area contributed by atoms with Crippen LogP contribution in [0, 0.1) is 0 Å². The van der Waals surface area contributed by atoms with E-state index in [0.717, 1.165) is 11.3 Å². The van der Waals surface area contributed by atoms with Gasteiger partial charge in [-0.15, -0.1) is 0 Å². The van der Waals surface area contributed by atoms with E-state index in [1.54, 1.807) is 18.7 Å². The molecule has 0 aliphatic rings. The van der Waals surface area contributed by atoms with Crippen LogP contribution in [-0.2, 0) is 20.1 Å². The fourth-order valence-corrected chi connectivity index (χ4v) is 2.68. The lowest BCUT2D eigenvalue weighted by atomic mass is 10.2. The van der Waals surface area contributed by atoms with Crippen LogP contribution in [0.5, 0.6) is 0 Å². The third kappa shape index (κ3) is 6.64. The molecule has 0 aliphatic heterocycles. The number of hydrogen-bond donors (Lipinski definition) is 2. The number of carbonyl (C=O) groups excluding carboxylic acids is 1. The van der Waals surface area contributed by atoms with Gasteiger partial charge in [0.1, 0.15) is 12.1 Å². The summed E-state index contributed by atoms with van der Waals surface area (Å²) in [5.41, 5.74) is 1.16. The molecule has 0 bridgehead atoms. The fraction of sp³-hybridized carbons (Fsp3) is 0.467. The van der Waals surface area contributed by atoms with Crippen LogP contribution < -0.4 is 5.32 Å². The maximum absolute atomic E-state index is 11.9. The Morgan fingerprint density at radius 1 is 1.33 bits per heavy atom. The standard InChI is InChI=1S/C15H21NO4S/c1-3-20-15(19)13(16-11(2)14(17)18)10-21-9-12-7-5-4-6-8-12/h4-8,11,13,16H,3,9-10H2,1-2H3,(H,17,18)/t11-,13-/m0/s1. The van der Waals surface area contributed by atoms with E-state index in [0.29, 0.717) is 5.75 Å². The minimum absolute atomic E-state index is 0.280. The van der Waals surface area contributed by atoms with Crippen molar-refractivity contribution in [2.45, 2.75) is 31.7 Å². The normalized spacial score (nSPS) is 13.4. The van der Waals surface area contributed by atoms with Gasteiger partial charge >= 0.3 is 11.9 Å². The highest BCUT2D eigenvalue weighted by Crippen LogP contribution is 2.13. The molecule has 0 unspecified atom stereocenters. The Morgan fingerprint density at radius 2 is 2.00 bits per heavy atom. The van der Waals surface area contributed by atoms with E-state index in [2.05, 4.69) is 5.32 Å². The first-order valence-corrected chi connectivity index (χ1v) is 7.97. The Labute approximate surface area is 129 Å². The van der Waals surface area contributed by atoms with E-state index in [-0.39, 0.29) is 6.61 Å². The topological polar surface area (TPSA) is 75.6 Å². The van der Waals surface area contributed by atoms with Gasteiger partial charge in [-0.05, 0) is 19.4 Å². The highest BCUT2D eigenvalue weighted by Gasteiger charge is 2.24. The van der Waals surface area contributed by atoms with Gasteiger partial charge < -0.3 is 9.84 Å². The number of nitrogens with one attached hydrogen (secondary N) is 1. The molecule has 0 spiro atoms. The molecule has 0 heterocycles. The van der Waals surface area contributed by atoms with E-state index in [4.69, 9.17) is 9.84 Å². The van der Waals surface area contributed by atoms with Crippen molar-refractivity contribution >= 4 is 23.7 Å². The summed E-state index contributed by atoms with van der Waals surface area (Å²) in [6, 6.07) is 8.49. The van der Waals surface area contributed by atoms with Crippen molar-refractivity contribution in [3.05, 3.63) is 35.9 Å². The Morgan fingerprint density at radius 3 is 2.57 bits per heavy atom. The summed E-state index contributed by atoms with van der Waals surface area (Å²) >= 11 is 1.57. The van der Waals surface area contributed by atoms with E-state index in [1.807, 2.05) is 30.3 Å². The molecule has 21 heavy (non-hydrogen) atoms. The maximum atomic E-state index is 11.9. The Balaban J connectivity index is 2.52. The van der Waals surface area contributed by atoms with Gasteiger partial charge in [-0.1, -0.05) is 30.3 Å². The molecule has 0 aromatic heterocycles. The molecule has 1 aromatic carbocycles. The van der Waals surface area contributed by atoms with Crippen LogP contribution in [0.2, 0.25) is 0 Å². The zero-order valence-corrected chi connectivity index (χ0v) is 13.1. The van der Waals surface area contributed by atoms with Crippen LogP contribution in [0.25, 0.3) is 0 Å². The molecule has 6 heteroatoms. The van der Waals surface area contributed by atoms with Gasteiger partial charge in [0.25, 0.3) is 0 Å². The summed E-state index contributed by atoms with van der Waals surface area (Å²) in [5.74, 6) is -0.172. The number of rotatable bonds is 9. The van der Waals surface area contributed by atoms with Gasteiger partial charge in [-0.25, -0.2) is 0 Å². The van der Waals surface area contributed by atoms with E-state index in [9.17, 15) is 9.59 Å². The maximum Gasteiger partial charge on any atom is 0.324 e. The number of carboxylic acids is 1. The lowest BCUT2D eigenvalue weighted by Crippen LogP contribution is -2.47. The Kier molecular flexibility index (Phi) is 7.85. The van der Waals surface area contributed by atoms with Crippen LogP contribution in [0.4, 0.5) is 0 Å². The number of thioether (sulfide) groups is 1. The molecule has 1 rings (SSSR count). The van der Waals surface area contributed by atoms with Gasteiger partial charge in [0.2, 0.25) is 0 Å². The highest BCUT2D eigenvalue weighted by atomic mass is 32.2. The number of carbonyl (C=O) groups is 2. The summed E-state index contributed by atoms with van der Waals surface area (Å²) in [6.45, 7) is 3.52. The molecule has 0 amide bonds. The van der Waals surface area contributed by atoms with Gasteiger partial charge in [-0.2, -0.15) is 11.8 Å². The lowest BCUT2D eigenvalue weighted by molar-refractivity contribution is -0.146. The summed E-state index contributed by atoms with van der Waals surface area (Å²) in [6.07, 6.45) is 0. The summed E-state index contributed by atoms with van der Waals surface area (Å²) in [7, 11) is 0. The molecule has 0 saturated heterocycles. The van der Waals surface area contributed by atoms with Crippen molar-refractivity contribution < 1.29 is 19.4 Å². The highest BCUT2D eigenvalue weighted by molar-refractivity contribution is 7.98. The first kappa shape index (κ1) is 17.5. The van der Waals surface area contributed by atoms with Gasteiger partial charge in [-0.3, -0.25) is 14.9 Å². The monoisotopic (exact) mass is 311 g/mol. The number of aliphatic carboxylic acids is 1. The second-order valence-electron chi connectivity index (χ2n) is 4.53. The van der Waals surface area contributed by atoms with Crippen LogP contribution in [0.3, 0.4) is 0 Å². The molecule has 0 radical (unpaired) electrons. The van der Waals surface area contributed by atoms with Crippen LogP contribution in [-0.4, -0.2) is 41.5 Å². The predicted molar refractivity (Wildman–Crippen MR) is 83.3 cm³/mol. The average Bonchev–Trinajstić information content (AvgIpc) is 2.47. The molecular weight excluding hydrogens is 290 g/mol. The van der Waals surface area contributed by atoms with Crippen molar-refractivity contribution in [3.63, 3.8) is 0 Å². The number of esters is 1. The molecular formula is C15H21NO4S. The zero-order valence-electron chi connectivity index (χ0n) is 12.2. The van der Waals surface area contributed by atoms with Crippen molar-refractivity contribution in [1.29, 1.82) is 0 Å². The fourth-order valence-electron chi connectivity index (χ4n) is 1.67. The predicted octanol–water partition coefficient (Wildman–Crippen LogP) is 1.91. The Bertz CT molecular complexity index is 452. The number of benzene rings is 1. The largest absolute Gasteiger partial charge is 0.480 e. The number of ether oxygens (including phenoxy) is 1. The number of hydrogen-bond acceptors (Lipinski definition) is 5. The minimum atomic E-state index is -0.989. The van der Waals surface area contributed by atoms with Crippen LogP contribution >= 0.6 is 11.8 Å². The van der Waals surface area contributed by atoms with Gasteiger partial charge in [0, 0.05) is 11.5 Å². The van der Waals surface area contributed by atoms with E-state index < -0.39 is 24.0 Å². The van der Waals surface area contributed by atoms with Gasteiger partial charge in [0.15, 0.2) is 0 Å². The molecule has 116 valence electrons.